The summed E-state index contributed by atoms with van der Waals surface area (Å²) in [6.07, 6.45) is 2.86. The second-order valence-corrected chi connectivity index (χ2v) is 5.29. The Morgan fingerprint density at radius 1 is 1.32 bits per heavy atom. The van der Waals surface area contributed by atoms with E-state index in [1.54, 1.807) is 4.90 Å². The van der Waals surface area contributed by atoms with Crippen LogP contribution in [-0.2, 0) is 9.59 Å². The molecule has 1 aliphatic heterocycles. The number of amides is 2. The maximum absolute atomic E-state index is 12.5. The first-order valence-corrected chi connectivity index (χ1v) is 7.53. The lowest BCUT2D eigenvalue weighted by molar-refractivity contribution is -0.128. The summed E-state index contributed by atoms with van der Waals surface area (Å²) in [5.41, 5.74) is 0.900. The minimum Gasteiger partial charge on any atom is -0.344 e. The van der Waals surface area contributed by atoms with E-state index < -0.39 is 0 Å². The van der Waals surface area contributed by atoms with E-state index in [9.17, 15) is 9.59 Å². The average Bonchev–Trinajstić information content (AvgIpc) is 2.50. The van der Waals surface area contributed by atoms with Crippen LogP contribution in [0, 0.1) is 0 Å². The van der Waals surface area contributed by atoms with Crippen molar-refractivity contribution in [3.8, 4) is 0 Å². The number of benzene rings is 1. The SMILES string of the molecule is CNCCCC(=O)NC1CCCN(c2ccccc2)C1=O.Cl. The van der Waals surface area contributed by atoms with Gasteiger partial charge in [-0.3, -0.25) is 9.59 Å². The highest BCUT2D eigenvalue weighted by Gasteiger charge is 2.30. The van der Waals surface area contributed by atoms with Gasteiger partial charge in [0, 0.05) is 18.7 Å². The van der Waals surface area contributed by atoms with E-state index in [0.717, 1.165) is 38.0 Å². The standard InChI is InChI=1S/C16H23N3O2.ClH/c1-17-11-5-10-15(20)18-14-9-6-12-19(16(14)21)13-7-3-2-4-8-13;/h2-4,7-8,14,17H,5-6,9-12H2,1H3,(H,18,20);1H. The van der Waals surface area contributed by atoms with Gasteiger partial charge in [-0.15, -0.1) is 12.4 Å². The molecule has 0 bridgehead atoms. The topological polar surface area (TPSA) is 61.4 Å². The molecule has 2 N–H and O–H groups in total. The van der Waals surface area contributed by atoms with Crippen molar-refractivity contribution >= 4 is 29.9 Å². The Bertz CT molecular complexity index is 482. The molecule has 1 unspecified atom stereocenters. The number of nitrogens with one attached hydrogen (secondary N) is 2. The molecule has 0 radical (unpaired) electrons. The second kappa shape index (κ2) is 9.43. The van der Waals surface area contributed by atoms with Gasteiger partial charge in [-0.05, 0) is 45.0 Å². The number of carbonyl (C=O) groups is 2. The number of hydrogen-bond donors (Lipinski definition) is 2. The molecule has 1 heterocycles. The Kier molecular flexibility index (Phi) is 7.91. The van der Waals surface area contributed by atoms with Crippen molar-refractivity contribution in [2.45, 2.75) is 31.7 Å². The second-order valence-electron chi connectivity index (χ2n) is 5.29. The van der Waals surface area contributed by atoms with Crippen LogP contribution < -0.4 is 15.5 Å². The van der Waals surface area contributed by atoms with Gasteiger partial charge in [-0.25, -0.2) is 0 Å². The van der Waals surface area contributed by atoms with Gasteiger partial charge in [0.2, 0.25) is 11.8 Å². The summed E-state index contributed by atoms with van der Waals surface area (Å²) in [5.74, 6) is -0.0482. The Hall–Kier alpha value is -1.59. The van der Waals surface area contributed by atoms with Gasteiger partial charge in [0.05, 0.1) is 0 Å². The van der Waals surface area contributed by atoms with Gasteiger partial charge in [-0.1, -0.05) is 18.2 Å². The van der Waals surface area contributed by atoms with Crippen molar-refractivity contribution in [1.29, 1.82) is 0 Å². The molecule has 5 nitrogen and oxygen atoms in total. The Balaban J connectivity index is 0.00000242. The zero-order chi connectivity index (χ0) is 15.1. The minimum atomic E-state index is -0.388. The van der Waals surface area contributed by atoms with Crippen molar-refractivity contribution < 1.29 is 9.59 Å². The molecule has 0 spiro atoms. The van der Waals surface area contributed by atoms with Gasteiger partial charge >= 0.3 is 0 Å². The maximum atomic E-state index is 12.5. The summed E-state index contributed by atoms with van der Waals surface area (Å²) in [6.45, 7) is 1.52. The molecule has 0 aromatic heterocycles. The molecular weight excluding hydrogens is 302 g/mol. The van der Waals surface area contributed by atoms with Gasteiger partial charge in [0.1, 0.15) is 6.04 Å². The predicted molar refractivity (Wildman–Crippen MR) is 90.4 cm³/mol. The van der Waals surface area contributed by atoms with E-state index in [4.69, 9.17) is 0 Å². The Morgan fingerprint density at radius 2 is 2.05 bits per heavy atom. The van der Waals surface area contributed by atoms with Crippen molar-refractivity contribution in [3.05, 3.63) is 30.3 Å². The highest BCUT2D eigenvalue weighted by molar-refractivity contribution is 5.99. The van der Waals surface area contributed by atoms with Crippen LogP contribution in [0.2, 0.25) is 0 Å². The third-order valence-electron chi connectivity index (χ3n) is 3.67. The molecule has 1 aliphatic rings. The Morgan fingerprint density at radius 3 is 2.73 bits per heavy atom. The number of nitrogens with zero attached hydrogens (tertiary/aromatic N) is 1. The number of halogens is 1. The normalized spacial score (nSPS) is 17.8. The van der Waals surface area contributed by atoms with Crippen molar-refractivity contribution in [3.63, 3.8) is 0 Å². The first kappa shape index (κ1) is 18.5. The van der Waals surface area contributed by atoms with E-state index in [1.807, 2.05) is 37.4 Å². The fraction of sp³-hybridized carbons (Fsp3) is 0.500. The molecule has 1 aromatic rings. The molecule has 2 amide bonds. The van der Waals surface area contributed by atoms with Crippen LogP contribution in [-0.4, -0.2) is 38.0 Å². The molecule has 2 rings (SSSR count). The van der Waals surface area contributed by atoms with Crippen LogP contribution in [0.1, 0.15) is 25.7 Å². The molecule has 1 aromatic carbocycles. The smallest absolute Gasteiger partial charge is 0.249 e. The van der Waals surface area contributed by atoms with E-state index in [0.29, 0.717) is 6.42 Å². The maximum Gasteiger partial charge on any atom is 0.249 e. The van der Waals surface area contributed by atoms with Crippen LogP contribution in [0.5, 0.6) is 0 Å². The first-order valence-electron chi connectivity index (χ1n) is 7.53. The van der Waals surface area contributed by atoms with Crippen molar-refractivity contribution in [2.24, 2.45) is 0 Å². The molecule has 22 heavy (non-hydrogen) atoms. The molecule has 1 atom stereocenters. The Labute approximate surface area is 137 Å². The molecule has 0 aliphatic carbocycles. The summed E-state index contributed by atoms with van der Waals surface area (Å²) < 4.78 is 0. The molecule has 0 saturated carbocycles. The summed E-state index contributed by atoms with van der Waals surface area (Å²) in [7, 11) is 1.86. The van der Waals surface area contributed by atoms with Crippen LogP contribution >= 0.6 is 12.4 Å². The number of piperidine rings is 1. The fourth-order valence-electron chi connectivity index (χ4n) is 2.57. The lowest BCUT2D eigenvalue weighted by Gasteiger charge is -2.32. The molecule has 6 heteroatoms. The summed E-state index contributed by atoms with van der Waals surface area (Å²) in [5, 5.41) is 5.88. The zero-order valence-corrected chi connectivity index (χ0v) is 13.7. The lowest BCUT2D eigenvalue weighted by atomic mass is 10.0. The average molecular weight is 326 g/mol. The van der Waals surface area contributed by atoms with E-state index in [1.165, 1.54) is 0 Å². The number of carbonyl (C=O) groups excluding carboxylic acids is 2. The summed E-state index contributed by atoms with van der Waals surface area (Å²) in [6, 6.07) is 9.23. The zero-order valence-electron chi connectivity index (χ0n) is 12.9. The monoisotopic (exact) mass is 325 g/mol. The van der Waals surface area contributed by atoms with Crippen LogP contribution in [0.25, 0.3) is 0 Å². The van der Waals surface area contributed by atoms with Gasteiger partial charge in [0.25, 0.3) is 0 Å². The van der Waals surface area contributed by atoms with E-state index in [-0.39, 0.29) is 30.3 Å². The lowest BCUT2D eigenvalue weighted by Crippen LogP contribution is -2.52. The number of para-hydroxylation sites is 1. The van der Waals surface area contributed by atoms with Crippen molar-refractivity contribution in [1.82, 2.24) is 10.6 Å². The van der Waals surface area contributed by atoms with Gasteiger partial charge in [-0.2, -0.15) is 0 Å². The third-order valence-corrected chi connectivity index (χ3v) is 3.67. The number of hydrogen-bond acceptors (Lipinski definition) is 3. The van der Waals surface area contributed by atoms with Crippen LogP contribution in [0.15, 0.2) is 30.3 Å². The highest BCUT2D eigenvalue weighted by Crippen LogP contribution is 2.20. The molecule has 122 valence electrons. The summed E-state index contributed by atoms with van der Waals surface area (Å²) in [4.78, 5) is 26.1. The van der Waals surface area contributed by atoms with E-state index in [2.05, 4.69) is 10.6 Å². The van der Waals surface area contributed by atoms with Gasteiger partial charge in [0.15, 0.2) is 0 Å². The largest absolute Gasteiger partial charge is 0.344 e. The predicted octanol–water partition coefficient (Wildman–Crippen LogP) is 1.72. The molecule has 1 saturated heterocycles. The van der Waals surface area contributed by atoms with Crippen LogP contribution in [0.3, 0.4) is 0 Å². The number of rotatable bonds is 6. The number of anilines is 1. The highest BCUT2D eigenvalue weighted by atomic mass is 35.5. The minimum absolute atomic E-state index is 0. The van der Waals surface area contributed by atoms with Crippen molar-refractivity contribution in [2.75, 3.05) is 25.0 Å². The summed E-state index contributed by atoms with van der Waals surface area (Å²) >= 11 is 0. The third kappa shape index (κ3) is 5.00. The van der Waals surface area contributed by atoms with Gasteiger partial charge < -0.3 is 15.5 Å². The van der Waals surface area contributed by atoms with E-state index >= 15 is 0 Å². The first-order chi connectivity index (χ1) is 10.2. The molecular formula is C16H24ClN3O2. The molecule has 1 fully saturated rings. The quantitative estimate of drug-likeness (QED) is 0.783. The fourth-order valence-corrected chi connectivity index (χ4v) is 2.57. The van der Waals surface area contributed by atoms with Crippen LogP contribution in [0.4, 0.5) is 5.69 Å².